The number of hydrogen-bond donors (Lipinski definition) is 0. The zero-order chi connectivity index (χ0) is 14.5. The van der Waals surface area contributed by atoms with Crippen molar-refractivity contribution in [1.82, 2.24) is 5.06 Å². The fourth-order valence-corrected chi connectivity index (χ4v) is 4.51. The van der Waals surface area contributed by atoms with Crippen molar-refractivity contribution in [1.29, 1.82) is 0 Å². The van der Waals surface area contributed by atoms with E-state index in [1.165, 1.54) is 0 Å². The summed E-state index contributed by atoms with van der Waals surface area (Å²) in [5.74, 6) is -1.95. The van der Waals surface area contributed by atoms with Crippen molar-refractivity contribution in [3.05, 3.63) is 12.2 Å². The van der Waals surface area contributed by atoms with Gasteiger partial charge in [-0.25, -0.2) is 0 Å². The van der Waals surface area contributed by atoms with E-state index in [9.17, 15) is 18.0 Å². The minimum absolute atomic E-state index is 0.0494. The zero-order valence-electron chi connectivity index (χ0n) is 11.2. The standard InChI is InChI=1S/C13H17NO5S/c1-2-3-6-20(17,18)19-14-12(15)10-8-4-5-9(7-8)11(10)13(14)16/h4-5,8-11H,2-3,6-7H2,1H3. The SMILES string of the molecule is CCCCS(=O)(=O)ON1C(=O)C2C3C=CC(C3)C2C1=O. The molecule has 1 heterocycles. The Bertz CT molecular complexity index is 552. The molecule has 2 fully saturated rings. The predicted octanol–water partition coefficient (Wildman–Crippen LogP) is 0.855. The number of carbonyl (C=O) groups is 2. The molecule has 0 N–H and O–H groups in total. The molecule has 1 saturated carbocycles. The van der Waals surface area contributed by atoms with Crippen LogP contribution in [-0.4, -0.2) is 31.0 Å². The van der Waals surface area contributed by atoms with Crippen LogP contribution < -0.4 is 0 Å². The highest BCUT2D eigenvalue weighted by atomic mass is 32.2. The molecule has 4 atom stereocenters. The monoisotopic (exact) mass is 299 g/mol. The number of hydroxylamine groups is 2. The number of fused-ring (bicyclic) bond motifs is 5. The summed E-state index contributed by atoms with van der Waals surface area (Å²) in [7, 11) is -3.87. The molecular weight excluding hydrogens is 282 g/mol. The summed E-state index contributed by atoms with van der Waals surface area (Å²) >= 11 is 0. The Hall–Kier alpha value is -1.21. The van der Waals surface area contributed by atoms with Gasteiger partial charge in [-0.1, -0.05) is 25.5 Å². The second kappa shape index (κ2) is 4.66. The molecule has 3 rings (SSSR count). The van der Waals surface area contributed by atoms with Crippen LogP contribution in [0.25, 0.3) is 0 Å². The second-order valence-electron chi connectivity index (χ2n) is 5.66. The third-order valence-corrected chi connectivity index (χ3v) is 5.53. The van der Waals surface area contributed by atoms with Gasteiger partial charge in [0.15, 0.2) is 0 Å². The van der Waals surface area contributed by atoms with Gasteiger partial charge in [-0.05, 0) is 24.7 Å². The number of amides is 2. The lowest BCUT2D eigenvalue weighted by Crippen LogP contribution is -2.36. The number of nitrogens with zero attached hydrogens (tertiary/aromatic N) is 1. The van der Waals surface area contributed by atoms with Crippen LogP contribution in [0.5, 0.6) is 0 Å². The van der Waals surface area contributed by atoms with Crippen molar-refractivity contribution >= 4 is 21.9 Å². The maximum atomic E-state index is 12.2. The van der Waals surface area contributed by atoms with Crippen LogP contribution in [-0.2, 0) is 24.0 Å². The maximum absolute atomic E-state index is 12.2. The first-order chi connectivity index (χ1) is 9.44. The van der Waals surface area contributed by atoms with E-state index in [0.29, 0.717) is 17.9 Å². The Kier molecular flexibility index (Phi) is 3.21. The average Bonchev–Trinajstić information content (AvgIpc) is 3.06. The van der Waals surface area contributed by atoms with Crippen LogP contribution in [0.15, 0.2) is 12.2 Å². The Morgan fingerprint density at radius 1 is 1.20 bits per heavy atom. The molecule has 1 aliphatic heterocycles. The van der Waals surface area contributed by atoms with Gasteiger partial charge in [0, 0.05) is 0 Å². The normalized spacial score (nSPS) is 35.1. The molecule has 0 spiro atoms. The highest BCUT2D eigenvalue weighted by Gasteiger charge is 2.60. The first kappa shape index (κ1) is 13.8. The van der Waals surface area contributed by atoms with Gasteiger partial charge in [-0.15, -0.1) is 9.35 Å². The summed E-state index contributed by atoms with van der Waals surface area (Å²) in [5.41, 5.74) is 0. The van der Waals surface area contributed by atoms with Crippen LogP contribution in [0.1, 0.15) is 26.2 Å². The fraction of sp³-hybridized carbons (Fsp3) is 0.692. The molecule has 4 unspecified atom stereocenters. The lowest BCUT2D eigenvalue weighted by Gasteiger charge is -2.15. The van der Waals surface area contributed by atoms with E-state index in [0.717, 1.165) is 6.42 Å². The third kappa shape index (κ3) is 2.00. The highest BCUT2D eigenvalue weighted by molar-refractivity contribution is 7.86. The number of unbranched alkanes of at least 4 members (excludes halogenated alkanes) is 1. The summed E-state index contributed by atoms with van der Waals surface area (Å²) < 4.78 is 28.3. The van der Waals surface area contributed by atoms with Crippen molar-refractivity contribution in [2.75, 3.05) is 5.75 Å². The minimum Gasteiger partial charge on any atom is -0.272 e. The molecule has 2 bridgehead atoms. The molecule has 110 valence electrons. The van der Waals surface area contributed by atoms with Gasteiger partial charge in [-0.3, -0.25) is 9.59 Å². The maximum Gasteiger partial charge on any atom is 0.288 e. The molecule has 6 nitrogen and oxygen atoms in total. The number of hydrogen-bond acceptors (Lipinski definition) is 5. The van der Waals surface area contributed by atoms with Crippen molar-refractivity contribution in [3.8, 4) is 0 Å². The Morgan fingerprint density at radius 2 is 1.75 bits per heavy atom. The lowest BCUT2D eigenvalue weighted by atomic mass is 9.85. The van der Waals surface area contributed by atoms with Crippen LogP contribution >= 0.6 is 0 Å². The van der Waals surface area contributed by atoms with Gasteiger partial charge in [0.05, 0.1) is 17.6 Å². The molecule has 0 aromatic heterocycles. The van der Waals surface area contributed by atoms with Crippen LogP contribution in [0.3, 0.4) is 0 Å². The molecular formula is C13H17NO5S. The summed E-state index contributed by atoms with van der Waals surface area (Å²) in [6, 6.07) is 0. The summed E-state index contributed by atoms with van der Waals surface area (Å²) in [6.07, 6.45) is 5.85. The summed E-state index contributed by atoms with van der Waals surface area (Å²) in [4.78, 5) is 24.4. The lowest BCUT2D eigenvalue weighted by molar-refractivity contribution is -0.166. The number of allylic oxidation sites excluding steroid dienone is 2. The number of imide groups is 1. The second-order valence-corrected chi connectivity index (χ2v) is 7.33. The van der Waals surface area contributed by atoms with Gasteiger partial charge in [-0.2, -0.15) is 8.42 Å². The first-order valence-corrected chi connectivity index (χ1v) is 8.51. The van der Waals surface area contributed by atoms with Crippen LogP contribution in [0.2, 0.25) is 0 Å². The van der Waals surface area contributed by atoms with Crippen molar-refractivity contribution < 1.29 is 22.3 Å². The molecule has 2 amide bonds. The van der Waals surface area contributed by atoms with Crippen molar-refractivity contribution in [2.24, 2.45) is 23.7 Å². The van der Waals surface area contributed by atoms with Gasteiger partial charge < -0.3 is 0 Å². The molecule has 0 aromatic carbocycles. The summed E-state index contributed by atoms with van der Waals surface area (Å²) in [6.45, 7) is 1.86. The highest BCUT2D eigenvalue weighted by Crippen LogP contribution is 2.52. The van der Waals surface area contributed by atoms with E-state index in [-0.39, 0.29) is 17.6 Å². The fourth-order valence-electron chi connectivity index (χ4n) is 3.42. The molecule has 20 heavy (non-hydrogen) atoms. The van der Waals surface area contributed by atoms with Gasteiger partial charge >= 0.3 is 0 Å². The largest absolute Gasteiger partial charge is 0.288 e. The summed E-state index contributed by atoms with van der Waals surface area (Å²) in [5, 5.41) is 0.493. The molecule has 7 heteroatoms. The Balaban J connectivity index is 1.77. The average molecular weight is 299 g/mol. The third-order valence-electron chi connectivity index (χ3n) is 4.37. The topological polar surface area (TPSA) is 80.8 Å². The smallest absolute Gasteiger partial charge is 0.272 e. The van der Waals surface area contributed by atoms with E-state index >= 15 is 0 Å². The number of carbonyl (C=O) groups excluding carboxylic acids is 2. The zero-order valence-corrected chi connectivity index (χ0v) is 12.0. The number of rotatable bonds is 5. The van der Waals surface area contributed by atoms with Crippen molar-refractivity contribution in [2.45, 2.75) is 26.2 Å². The van der Waals surface area contributed by atoms with Gasteiger partial charge in [0.1, 0.15) is 0 Å². The quantitative estimate of drug-likeness (QED) is 0.555. The minimum atomic E-state index is -3.87. The molecule has 3 aliphatic rings. The van der Waals surface area contributed by atoms with E-state index in [1.54, 1.807) is 0 Å². The van der Waals surface area contributed by atoms with Gasteiger partial charge in [0.2, 0.25) is 0 Å². The predicted molar refractivity (Wildman–Crippen MR) is 69.3 cm³/mol. The van der Waals surface area contributed by atoms with E-state index < -0.39 is 33.8 Å². The van der Waals surface area contributed by atoms with Gasteiger partial charge in [0.25, 0.3) is 21.9 Å². The molecule has 0 radical (unpaired) electrons. The molecule has 0 aromatic rings. The molecule has 2 aliphatic carbocycles. The van der Waals surface area contributed by atoms with Crippen molar-refractivity contribution in [3.63, 3.8) is 0 Å². The van der Waals surface area contributed by atoms with E-state index in [4.69, 9.17) is 4.28 Å². The molecule has 1 saturated heterocycles. The first-order valence-electron chi connectivity index (χ1n) is 6.93. The van der Waals surface area contributed by atoms with Crippen LogP contribution in [0, 0.1) is 23.7 Å². The van der Waals surface area contributed by atoms with Crippen LogP contribution in [0.4, 0.5) is 0 Å². The Morgan fingerprint density at radius 3 is 2.25 bits per heavy atom. The Labute approximate surface area is 117 Å². The van der Waals surface area contributed by atoms with E-state index in [1.807, 2.05) is 19.1 Å². The van der Waals surface area contributed by atoms with E-state index in [2.05, 4.69) is 0 Å².